The van der Waals surface area contributed by atoms with Gasteiger partial charge in [-0.05, 0) is 66.9 Å². The zero-order valence-electron chi connectivity index (χ0n) is 19.7. The number of hydrogen-bond donors (Lipinski definition) is 1. The number of ether oxygens (including phenoxy) is 2. The van der Waals surface area contributed by atoms with Crippen molar-refractivity contribution < 1.29 is 24.2 Å². The van der Waals surface area contributed by atoms with E-state index in [-0.39, 0.29) is 21.9 Å². The van der Waals surface area contributed by atoms with Crippen LogP contribution in [-0.2, 0) is 16.0 Å². The number of nitrogens with zero attached hydrogens (tertiary/aromatic N) is 1. The lowest BCUT2D eigenvalue weighted by molar-refractivity contribution is -0.132. The second kappa shape index (κ2) is 10.2. The van der Waals surface area contributed by atoms with E-state index in [0.29, 0.717) is 29.4 Å². The van der Waals surface area contributed by atoms with Crippen LogP contribution in [0.5, 0.6) is 11.5 Å². The van der Waals surface area contributed by atoms with Crippen LogP contribution in [0.3, 0.4) is 0 Å². The minimum atomic E-state index is -0.861. The van der Waals surface area contributed by atoms with E-state index in [2.05, 4.69) is 0 Å². The number of aliphatic hydroxyl groups is 1. The number of carbonyl (C=O) groups excluding carboxylic acids is 2. The highest BCUT2D eigenvalue weighted by molar-refractivity contribution is 6.52. The highest BCUT2D eigenvalue weighted by Gasteiger charge is 2.47. The Balaban J connectivity index is 1.92. The van der Waals surface area contributed by atoms with Crippen molar-refractivity contribution in [3.63, 3.8) is 0 Å². The van der Waals surface area contributed by atoms with Gasteiger partial charge >= 0.3 is 0 Å². The van der Waals surface area contributed by atoms with Crippen molar-refractivity contribution in [3.05, 3.63) is 94.0 Å². The molecule has 180 valence electrons. The lowest BCUT2D eigenvalue weighted by Crippen LogP contribution is -2.29. The molecule has 0 spiro atoms. The Kier molecular flexibility index (Phi) is 7.12. The fourth-order valence-electron chi connectivity index (χ4n) is 4.18. The first-order valence-electron chi connectivity index (χ1n) is 11.4. The molecule has 1 unspecified atom stereocenters. The van der Waals surface area contributed by atoms with E-state index >= 15 is 0 Å². The molecule has 1 saturated heterocycles. The number of hydrogen-bond acceptors (Lipinski definition) is 5. The van der Waals surface area contributed by atoms with Crippen LogP contribution in [0.4, 0.5) is 5.69 Å². The number of halogens is 1. The van der Waals surface area contributed by atoms with Gasteiger partial charge in [0.05, 0.1) is 30.4 Å². The maximum absolute atomic E-state index is 13.3. The van der Waals surface area contributed by atoms with E-state index in [1.165, 1.54) is 4.90 Å². The molecule has 4 rings (SSSR count). The largest absolute Gasteiger partial charge is 0.507 e. The highest BCUT2D eigenvalue weighted by atomic mass is 35.5. The molecule has 35 heavy (non-hydrogen) atoms. The van der Waals surface area contributed by atoms with Crippen LogP contribution in [0.2, 0.25) is 5.02 Å². The third-order valence-corrected chi connectivity index (χ3v) is 6.33. The molecule has 1 heterocycles. The molecule has 1 fully saturated rings. The molecule has 6 nitrogen and oxygen atoms in total. The summed E-state index contributed by atoms with van der Waals surface area (Å²) >= 11 is 6.40. The normalized spacial score (nSPS) is 17.0. The van der Waals surface area contributed by atoms with Crippen LogP contribution >= 0.6 is 11.6 Å². The topological polar surface area (TPSA) is 76.1 Å². The second-order valence-electron chi connectivity index (χ2n) is 8.04. The summed E-state index contributed by atoms with van der Waals surface area (Å²) in [4.78, 5) is 28.1. The minimum Gasteiger partial charge on any atom is -0.507 e. The van der Waals surface area contributed by atoms with Crippen molar-refractivity contribution in [1.29, 1.82) is 0 Å². The van der Waals surface area contributed by atoms with Gasteiger partial charge in [0.1, 0.15) is 17.3 Å². The molecule has 1 atom stereocenters. The van der Waals surface area contributed by atoms with Gasteiger partial charge in [-0.3, -0.25) is 14.5 Å². The molecule has 1 amide bonds. The van der Waals surface area contributed by atoms with Gasteiger partial charge < -0.3 is 14.6 Å². The Morgan fingerprint density at radius 2 is 1.63 bits per heavy atom. The molecule has 7 heteroatoms. The Hall–Kier alpha value is -3.77. The predicted octanol–water partition coefficient (Wildman–Crippen LogP) is 5.94. The average molecular weight is 492 g/mol. The fraction of sp³-hybridized carbons (Fsp3) is 0.214. The second-order valence-corrected chi connectivity index (χ2v) is 8.44. The summed E-state index contributed by atoms with van der Waals surface area (Å²) < 4.78 is 10.8. The van der Waals surface area contributed by atoms with Crippen molar-refractivity contribution >= 4 is 34.7 Å². The number of carbonyl (C=O) groups is 2. The number of benzene rings is 3. The van der Waals surface area contributed by atoms with Gasteiger partial charge in [-0.15, -0.1) is 0 Å². The summed E-state index contributed by atoms with van der Waals surface area (Å²) in [5.74, 6) is -0.757. The predicted molar refractivity (Wildman–Crippen MR) is 136 cm³/mol. The SMILES string of the molecule is CCOc1ccc(Cl)c(/C(O)=C2\C(=O)C(=O)N(c3ccc(CC)cc3)C2c2ccc(OC)cc2)c1. The van der Waals surface area contributed by atoms with Crippen LogP contribution in [0.25, 0.3) is 5.76 Å². The Morgan fingerprint density at radius 3 is 2.23 bits per heavy atom. The van der Waals surface area contributed by atoms with Gasteiger partial charge in [0.25, 0.3) is 11.7 Å². The first kappa shape index (κ1) is 24.4. The minimum absolute atomic E-state index is 0.0460. The van der Waals surface area contributed by atoms with Gasteiger partial charge in [-0.2, -0.15) is 0 Å². The molecule has 0 saturated carbocycles. The van der Waals surface area contributed by atoms with Crippen molar-refractivity contribution in [2.45, 2.75) is 26.3 Å². The molecule has 3 aromatic rings. The molecule has 0 radical (unpaired) electrons. The van der Waals surface area contributed by atoms with Crippen LogP contribution in [0, 0.1) is 0 Å². The zero-order chi connectivity index (χ0) is 25.1. The average Bonchev–Trinajstić information content (AvgIpc) is 3.15. The number of ketones is 1. The summed E-state index contributed by atoms with van der Waals surface area (Å²) in [5.41, 5.74) is 2.47. The third kappa shape index (κ3) is 4.62. The van der Waals surface area contributed by atoms with E-state index in [1.54, 1.807) is 49.6 Å². The number of aliphatic hydroxyl groups excluding tert-OH is 1. The van der Waals surface area contributed by atoms with Crippen LogP contribution in [0.1, 0.15) is 36.6 Å². The first-order chi connectivity index (χ1) is 16.9. The van der Waals surface area contributed by atoms with Crippen molar-refractivity contribution in [2.75, 3.05) is 18.6 Å². The van der Waals surface area contributed by atoms with E-state index < -0.39 is 17.7 Å². The lowest BCUT2D eigenvalue weighted by Gasteiger charge is -2.26. The molecule has 0 aliphatic carbocycles. The maximum atomic E-state index is 13.3. The number of methoxy groups -OCH3 is 1. The van der Waals surface area contributed by atoms with Gasteiger partial charge in [0.15, 0.2) is 0 Å². The fourth-order valence-corrected chi connectivity index (χ4v) is 4.39. The quantitative estimate of drug-likeness (QED) is 0.251. The van der Waals surface area contributed by atoms with Crippen molar-refractivity contribution in [1.82, 2.24) is 0 Å². The number of anilines is 1. The summed E-state index contributed by atoms with van der Waals surface area (Å²) in [6.45, 7) is 4.30. The molecule has 1 aliphatic heterocycles. The third-order valence-electron chi connectivity index (χ3n) is 6.00. The molecule has 0 aromatic heterocycles. The molecular formula is C28H26ClNO5. The zero-order valence-corrected chi connectivity index (χ0v) is 20.5. The number of amides is 1. The van der Waals surface area contributed by atoms with Gasteiger partial charge in [0.2, 0.25) is 0 Å². The lowest BCUT2D eigenvalue weighted by atomic mass is 9.95. The first-order valence-corrected chi connectivity index (χ1v) is 11.7. The molecule has 3 aromatic carbocycles. The highest BCUT2D eigenvalue weighted by Crippen LogP contribution is 2.43. The standard InChI is InChI=1S/C28H26ClNO5/c1-4-17-6-10-19(11-7-17)30-25(18-8-12-20(34-3)13-9-18)24(27(32)28(30)33)26(31)22-16-21(35-5-2)14-15-23(22)29/h6-16,25,31H,4-5H2,1-3H3/b26-24+. The smallest absolute Gasteiger partial charge is 0.300 e. The van der Waals surface area contributed by atoms with E-state index in [9.17, 15) is 14.7 Å². The molecular weight excluding hydrogens is 466 g/mol. The van der Waals surface area contributed by atoms with E-state index in [4.69, 9.17) is 21.1 Å². The number of aryl methyl sites for hydroxylation is 1. The van der Waals surface area contributed by atoms with Gasteiger partial charge in [-0.1, -0.05) is 42.8 Å². The van der Waals surface area contributed by atoms with Gasteiger partial charge in [0, 0.05) is 11.3 Å². The van der Waals surface area contributed by atoms with E-state index in [1.807, 2.05) is 38.1 Å². The summed E-state index contributed by atoms with van der Waals surface area (Å²) in [6.07, 6.45) is 0.843. The van der Waals surface area contributed by atoms with E-state index in [0.717, 1.165) is 12.0 Å². The number of rotatable bonds is 7. The summed E-state index contributed by atoms with van der Waals surface area (Å²) in [7, 11) is 1.56. The monoisotopic (exact) mass is 491 g/mol. The van der Waals surface area contributed by atoms with Crippen molar-refractivity contribution in [3.8, 4) is 11.5 Å². The Labute approximate surface area is 209 Å². The van der Waals surface area contributed by atoms with Crippen LogP contribution in [0.15, 0.2) is 72.3 Å². The Morgan fingerprint density at radius 1 is 0.971 bits per heavy atom. The molecule has 1 N–H and O–H groups in total. The summed E-state index contributed by atoms with van der Waals surface area (Å²) in [5, 5.41) is 11.6. The summed E-state index contributed by atoms with van der Waals surface area (Å²) in [6, 6.07) is 18.5. The molecule has 1 aliphatic rings. The maximum Gasteiger partial charge on any atom is 0.300 e. The van der Waals surface area contributed by atoms with Crippen molar-refractivity contribution in [2.24, 2.45) is 0 Å². The van der Waals surface area contributed by atoms with Gasteiger partial charge in [-0.25, -0.2) is 0 Å². The van der Waals surface area contributed by atoms with Crippen LogP contribution < -0.4 is 14.4 Å². The van der Waals surface area contributed by atoms with Crippen LogP contribution in [-0.4, -0.2) is 30.5 Å². The molecule has 0 bridgehead atoms. The Bertz CT molecular complexity index is 1280. The number of Topliss-reactive ketones (excluding diaryl/α,β-unsaturated/α-hetero) is 1.